The third-order valence-corrected chi connectivity index (χ3v) is 4.17. The fourth-order valence-electron chi connectivity index (χ4n) is 2.49. The number of hydrogen-bond donors (Lipinski definition) is 6. The molecule has 0 saturated carbocycles. The van der Waals surface area contributed by atoms with Crippen LogP contribution in [0.3, 0.4) is 0 Å². The second-order valence-corrected chi connectivity index (χ2v) is 6.16. The molecule has 8 nitrogen and oxygen atoms in total. The Bertz CT molecular complexity index is 354. The van der Waals surface area contributed by atoms with Gasteiger partial charge in [-0.3, -0.25) is 9.59 Å². The normalized spacial score (nSPS) is 13.3. The van der Waals surface area contributed by atoms with Crippen molar-refractivity contribution in [3.8, 4) is 0 Å². The highest BCUT2D eigenvalue weighted by Gasteiger charge is 2.17. The van der Waals surface area contributed by atoms with E-state index in [0.717, 1.165) is 25.8 Å². The topological polar surface area (TPSA) is 106 Å². The van der Waals surface area contributed by atoms with E-state index in [4.69, 9.17) is 0 Å². The van der Waals surface area contributed by atoms with E-state index in [1.807, 2.05) is 21.1 Å². The monoisotopic (exact) mass is 358 g/mol. The molecule has 0 spiro atoms. The Labute approximate surface area is 152 Å². The van der Waals surface area contributed by atoms with Gasteiger partial charge in [-0.15, -0.1) is 0 Å². The maximum absolute atomic E-state index is 12.3. The highest BCUT2D eigenvalue weighted by molar-refractivity contribution is 5.81. The second kappa shape index (κ2) is 16.3. The average molecular weight is 359 g/mol. The van der Waals surface area contributed by atoms with Gasteiger partial charge in [-0.1, -0.05) is 0 Å². The van der Waals surface area contributed by atoms with Crippen molar-refractivity contribution in [1.29, 1.82) is 0 Å². The van der Waals surface area contributed by atoms with Crippen molar-refractivity contribution in [2.75, 3.05) is 54.4 Å². The highest BCUT2D eigenvalue weighted by Crippen LogP contribution is 1.99. The van der Waals surface area contributed by atoms with Gasteiger partial charge in [-0.2, -0.15) is 0 Å². The molecule has 0 bridgehead atoms. The van der Waals surface area contributed by atoms with Crippen molar-refractivity contribution >= 4 is 11.8 Å². The lowest BCUT2D eigenvalue weighted by Crippen LogP contribution is -2.47. The number of likely N-dealkylation sites (N-methyl/N-ethyl adjacent to an activating group) is 2. The van der Waals surface area contributed by atoms with E-state index in [0.29, 0.717) is 32.5 Å². The van der Waals surface area contributed by atoms with Crippen molar-refractivity contribution in [2.24, 2.45) is 0 Å². The van der Waals surface area contributed by atoms with Gasteiger partial charge < -0.3 is 31.9 Å². The first kappa shape index (κ1) is 23.8. The van der Waals surface area contributed by atoms with Crippen molar-refractivity contribution in [2.45, 2.75) is 44.2 Å². The first-order chi connectivity index (χ1) is 12.1. The summed E-state index contributed by atoms with van der Waals surface area (Å²) in [7, 11) is 7.47. The van der Waals surface area contributed by atoms with E-state index in [9.17, 15) is 9.59 Å². The van der Waals surface area contributed by atoms with Crippen LogP contribution in [-0.2, 0) is 9.59 Å². The lowest BCUT2D eigenvalue weighted by atomic mass is 10.1. The van der Waals surface area contributed by atoms with Crippen molar-refractivity contribution in [3.05, 3.63) is 0 Å². The molecule has 2 atom stereocenters. The Morgan fingerprint density at radius 1 is 0.800 bits per heavy atom. The summed E-state index contributed by atoms with van der Waals surface area (Å²) < 4.78 is 0. The number of nitrogens with one attached hydrogen (secondary N) is 6. The maximum Gasteiger partial charge on any atom is 0.237 e. The molecule has 0 aromatic heterocycles. The van der Waals surface area contributed by atoms with Gasteiger partial charge in [-0.25, -0.2) is 0 Å². The van der Waals surface area contributed by atoms with Gasteiger partial charge in [0.05, 0.1) is 6.04 Å². The molecular weight excluding hydrogens is 320 g/mol. The molecule has 8 heteroatoms. The fourth-order valence-corrected chi connectivity index (χ4v) is 2.49. The highest BCUT2D eigenvalue weighted by atomic mass is 16.2. The van der Waals surface area contributed by atoms with E-state index >= 15 is 0 Å². The Morgan fingerprint density at radius 3 is 2.08 bits per heavy atom. The van der Waals surface area contributed by atoms with Crippen LogP contribution in [0.15, 0.2) is 0 Å². The van der Waals surface area contributed by atoms with Crippen LogP contribution in [0, 0.1) is 0 Å². The van der Waals surface area contributed by atoms with E-state index in [1.54, 1.807) is 7.05 Å². The van der Waals surface area contributed by atoms with E-state index in [-0.39, 0.29) is 23.9 Å². The van der Waals surface area contributed by atoms with Crippen LogP contribution in [0.2, 0.25) is 0 Å². The molecule has 0 aliphatic heterocycles. The number of amides is 2. The molecule has 0 heterocycles. The van der Waals surface area contributed by atoms with Crippen LogP contribution < -0.4 is 31.9 Å². The predicted octanol–water partition coefficient (Wildman–Crippen LogP) is -1.22. The van der Waals surface area contributed by atoms with Gasteiger partial charge in [0.2, 0.25) is 11.8 Å². The number of hydrogen-bond acceptors (Lipinski definition) is 6. The van der Waals surface area contributed by atoms with Gasteiger partial charge in [0.15, 0.2) is 0 Å². The third-order valence-electron chi connectivity index (χ3n) is 4.17. The van der Waals surface area contributed by atoms with E-state index in [1.165, 1.54) is 0 Å². The van der Waals surface area contributed by atoms with Crippen LogP contribution in [0.4, 0.5) is 0 Å². The molecule has 0 rings (SSSR count). The first-order valence-corrected chi connectivity index (χ1v) is 9.27. The summed E-state index contributed by atoms with van der Waals surface area (Å²) in [5.41, 5.74) is 0. The summed E-state index contributed by atoms with van der Waals surface area (Å²) in [6.07, 6.45) is 4.02. The minimum Gasteiger partial charge on any atom is -0.356 e. The molecular formula is C17H38N6O2. The summed E-state index contributed by atoms with van der Waals surface area (Å²) in [4.78, 5) is 23.8. The van der Waals surface area contributed by atoms with Gasteiger partial charge >= 0.3 is 0 Å². The fraction of sp³-hybridized carbons (Fsp3) is 0.882. The lowest BCUT2D eigenvalue weighted by Gasteiger charge is -2.20. The Morgan fingerprint density at radius 2 is 1.48 bits per heavy atom. The molecule has 0 aromatic rings. The van der Waals surface area contributed by atoms with Gasteiger partial charge in [0.1, 0.15) is 0 Å². The molecule has 6 N–H and O–H groups in total. The molecule has 148 valence electrons. The molecule has 25 heavy (non-hydrogen) atoms. The van der Waals surface area contributed by atoms with E-state index < -0.39 is 0 Å². The zero-order chi connectivity index (χ0) is 18.9. The smallest absolute Gasteiger partial charge is 0.237 e. The van der Waals surface area contributed by atoms with Gasteiger partial charge in [0, 0.05) is 32.1 Å². The van der Waals surface area contributed by atoms with Crippen LogP contribution in [0.5, 0.6) is 0 Å². The summed E-state index contributed by atoms with van der Waals surface area (Å²) in [6.45, 7) is 2.87. The molecule has 0 aliphatic rings. The zero-order valence-electron chi connectivity index (χ0n) is 16.3. The maximum atomic E-state index is 12.3. The number of rotatable bonds is 16. The first-order valence-electron chi connectivity index (χ1n) is 9.27. The molecule has 0 radical (unpaired) electrons. The summed E-state index contributed by atoms with van der Waals surface area (Å²) in [5, 5.41) is 18.2. The van der Waals surface area contributed by atoms with Crippen molar-refractivity contribution < 1.29 is 9.59 Å². The largest absolute Gasteiger partial charge is 0.356 e. The Balaban J connectivity index is 3.98. The summed E-state index contributed by atoms with van der Waals surface area (Å²) in [5.74, 6) is 0.0520. The Hall–Kier alpha value is -1.22. The lowest BCUT2D eigenvalue weighted by molar-refractivity contribution is -0.123. The molecule has 0 saturated heterocycles. The summed E-state index contributed by atoms with van der Waals surface area (Å²) in [6, 6.07) is 0.0466. The second-order valence-electron chi connectivity index (χ2n) is 6.16. The molecule has 0 aromatic carbocycles. The standard InChI is InChI=1S/C17H38N6O2/c1-18-10-5-7-14(20-3)13-23-17(25)15(21-4)8-6-11-22-16(24)9-12-19-2/h14-15,18-21H,5-13H2,1-4H3,(H,22,24)(H,23,25)/t14-,15-/m0/s1. The van der Waals surface area contributed by atoms with Crippen LogP contribution in [-0.4, -0.2) is 78.3 Å². The van der Waals surface area contributed by atoms with Crippen LogP contribution in [0.25, 0.3) is 0 Å². The minimum absolute atomic E-state index is 0.0119. The predicted molar refractivity (Wildman–Crippen MR) is 103 cm³/mol. The Kier molecular flexibility index (Phi) is 15.5. The van der Waals surface area contributed by atoms with Gasteiger partial charge in [-0.05, 0) is 60.4 Å². The van der Waals surface area contributed by atoms with Crippen LogP contribution in [0.1, 0.15) is 32.1 Å². The molecule has 0 fully saturated rings. The molecule has 0 aliphatic carbocycles. The van der Waals surface area contributed by atoms with Gasteiger partial charge in [0.25, 0.3) is 0 Å². The van der Waals surface area contributed by atoms with Crippen molar-refractivity contribution in [1.82, 2.24) is 31.9 Å². The SMILES string of the molecule is CNCCC[C@@H](CNC(=O)[C@H](CCCNC(=O)CCNC)NC)NC. The average Bonchev–Trinajstić information content (AvgIpc) is 2.62. The number of carbonyl (C=O) groups excluding carboxylic acids is 2. The zero-order valence-corrected chi connectivity index (χ0v) is 16.3. The van der Waals surface area contributed by atoms with Crippen LogP contribution >= 0.6 is 0 Å². The molecule has 2 amide bonds. The number of carbonyl (C=O) groups is 2. The quantitative estimate of drug-likeness (QED) is 0.193. The van der Waals surface area contributed by atoms with E-state index in [2.05, 4.69) is 31.9 Å². The summed E-state index contributed by atoms with van der Waals surface area (Å²) >= 11 is 0. The van der Waals surface area contributed by atoms with Crippen molar-refractivity contribution in [3.63, 3.8) is 0 Å². The minimum atomic E-state index is -0.232. The molecule has 0 unspecified atom stereocenters. The third kappa shape index (κ3) is 12.7.